The molecule has 2 aromatic heterocycles. The zero-order valence-corrected chi connectivity index (χ0v) is 13.5. The van der Waals surface area contributed by atoms with Gasteiger partial charge in [0.25, 0.3) is 5.91 Å². The lowest BCUT2D eigenvalue weighted by Crippen LogP contribution is -2.36. The van der Waals surface area contributed by atoms with Gasteiger partial charge in [0.1, 0.15) is 5.82 Å². The number of anilines is 1. The van der Waals surface area contributed by atoms with Gasteiger partial charge in [-0.1, -0.05) is 19.9 Å². The first-order valence-electron chi connectivity index (χ1n) is 7.05. The van der Waals surface area contributed by atoms with Gasteiger partial charge >= 0.3 is 0 Å². The summed E-state index contributed by atoms with van der Waals surface area (Å²) in [4.78, 5) is 17.8. The van der Waals surface area contributed by atoms with Crippen LogP contribution in [-0.2, 0) is 5.41 Å². The minimum atomic E-state index is -0.0938. The third-order valence-electron chi connectivity index (χ3n) is 3.28. The maximum Gasteiger partial charge on any atom is 0.255 e. The number of aromatic nitrogens is 1. The van der Waals surface area contributed by atoms with Gasteiger partial charge in [-0.05, 0) is 30.5 Å². The number of rotatable bonds is 6. The van der Waals surface area contributed by atoms with Gasteiger partial charge in [-0.25, -0.2) is 4.98 Å². The fourth-order valence-corrected chi connectivity index (χ4v) is 2.90. The van der Waals surface area contributed by atoms with Crippen molar-refractivity contribution in [2.75, 3.05) is 18.4 Å². The van der Waals surface area contributed by atoms with E-state index in [-0.39, 0.29) is 11.3 Å². The van der Waals surface area contributed by atoms with Crippen LogP contribution in [0.5, 0.6) is 0 Å². The topological polar surface area (TPSA) is 54.0 Å². The predicted octanol–water partition coefficient (Wildman–Crippen LogP) is 3.28. The van der Waals surface area contributed by atoms with E-state index >= 15 is 0 Å². The molecule has 2 rings (SSSR count). The Hall–Kier alpha value is -1.88. The van der Waals surface area contributed by atoms with Gasteiger partial charge in [-0.15, -0.1) is 11.3 Å². The van der Waals surface area contributed by atoms with E-state index in [1.165, 1.54) is 4.88 Å². The van der Waals surface area contributed by atoms with Crippen molar-refractivity contribution in [1.82, 2.24) is 10.3 Å². The van der Waals surface area contributed by atoms with E-state index in [4.69, 9.17) is 0 Å². The normalized spacial score (nSPS) is 11.2. The number of nitrogens with one attached hydrogen (secondary N) is 2. The minimum Gasteiger partial charge on any atom is -0.370 e. The zero-order valence-electron chi connectivity index (χ0n) is 12.6. The fraction of sp³-hybridized carbons (Fsp3) is 0.375. The maximum absolute atomic E-state index is 12.4. The molecule has 0 fully saturated rings. The molecule has 0 aliphatic rings. The number of pyridine rings is 1. The molecule has 2 heterocycles. The Balaban J connectivity index is 2.05. The van der Waals surface area contributed by atoms with E-state index in [0.29, 0.717) is 17.9 Å². The van der Waals surface area contributed by atoms with E-state index in [1.807, 2.05) is 13.0 Å². The molecule has 0 aliphatic carbocycles. The molecule has 5 heteroatoms. The third kappa shape index (κ3) is 3.82. The number of carbonyl (C=O) groups is 1. The van der Waals surface area contributed by atoms with E-state index < -0.39 is 0 Å². The molecule has 0 unspecified atom stereocenters. The predicted molar refractivity (Wildman–Crippen MR) is 88.1 cm³/mol. The molecule has 0 aromatic carbocycles. The van der Waals surface area contributed by atoms with Gasteiger partial charge in [-0.3, -0.25) is 4.79 Å². The molecule has 4 nitrogen and oxygen atoms in total. The van der Waals surface area contributed by atoms with Crippen molar-refractivity contribution in [1.29, 1.82) is 0 Å². The lowest BCUT2D eigenvalue weighted by Gasteiger charge is -2.23. The highest BCUT2D eigenvalue weighted by atomic mass is 32.1. The quantitative estimate of drug-likeness (QED) is 0.861. The SMILES string of the molecule is CCNc1ncccc1C(=O)NCC(C)(C)c1cccs1. The average Bonchev–Trinajstić information content (AvgIpc) is 3.01. The van der Waals surface area contributed by atoms with E-state index in [0.717, 1.165) is 6.54 Å². The first kappa shape index (κ1) is 15.5. The summed E-state index contributed by atoms with van der Waals surface area (Å²) in [7, 11) is 0. The molecule has 0 saturated carbocycles. The summed E-state index contributed by atoms with van der Waals surface area (Å²) in [5.74, 6) is 0.537. The highest BCUT2D eigenvalue weighted by Crippen LogP contribution is 2.26. The van der Waals surface area contributed by atoms with Crippen molar-refractivity contribution >= 4 is 23.1 Å². The van der Waals surface area contributed by atoms with Crippen LogP contribution in [0.2, 0.25) is 0 Å². The van der Waals surface area contributed by atoms with Crippen molar-refractivity contribution in [2.24, 2.45) is 0 Å². The van der Waals surface area contributed by atoms with Gasteiger partial charge < -0.3 is 10.6 Å². The van der Waals surface area contributed by atoms with Crippen molar-refractivity contribution in [3.8, 4) is 0 Å². The molecular weight excluding hydrogens is 282 g/mol. The molecule has 112 valence electrons. The Morgan fingerprint density at radius 3 is 2.81 bits per heavy atom. The second-order valence-corrected chi connectivity index (χ2v) is 6.42. The summed E-state index contributed by atoms with van der Waals surface area (Å²) in [5.41, 5.74) is 0.506. The van der Waals surface area contributed by atoms with Crippen LogP contribution in [0.1, 0.15) is 36.0 Å². The van der Waals surface area contributed by atoms with Gasteiger partial charge in [0.2, 0.25) is 0 Å². The van der Waals surface area contributed by atoms with Crippen LogP contribution >= 0.6 is 11.3 Å². The van der Waals surface area contributed by atoms with E-state index in [1.54, 1.807) is 29.7 Å². The second-order valence-electron chi connectivity index (χ2n) is 5.47. The third-order valence-corrected chi connectivity index (χ3v) is 4.51. The highest BCUT2D eigenvalue weighted by molar-refractivity contribution is 7.10. The van der Waals surface area contributed by atoms with Crippen LogP contribution < -0.4 is 10.6 Å². The smallest absolute Gasteiger partial charge is 0.255 e. The van der Waals surface area contributed by atoms with Crippen LogP contribution in [0.3, 0.4) is 0 Å². The molecule has 0 atom stereocenters. The number of nitrogens with zero attached hydrogens (tertiary/aromatic N) is 1. The van der Waals surface area contributed by atoms with Gasteiger partial charge in [0.05, 0.1) is 5.56 Å². The lowest BCUT2D eigenvalue weighted by atomic mass is 9.91. The highest BCUT2D eigenvalue weighted by Gasteiger charge is 2.23. The van der Waals surface area contributed by atoms with Crippen LogP contribution in [0.4, 0.5) is 5.82 Å². The molecule has 0 aliphatic heterocycles. The van der Waals surface area contributed by atoms with Gasteiger partial charge in [0.15, 0.2) is 0 Å². The molecule has 0 bridgehead atoms. The van der Waals surface area contributed by atoms with E-state index in [9.17, 15) is 4.79 Å². The number of hydrogen-bond donors (Lipinski definition) is 2. The lowest BCUT2D eigenvalue weighted by molar-refractivity contribution is 0.0946. The number of thiophene rings is 1. The number of hydrogen-bond acceptors (Lipinski definition) is 4. The van der Waals surface area contributed by atoms with Crippen molar-refractivity contribution in [3.63, 3.8) is 0 Å². The van der Waals surface area contributed by atoms with Crippen LogP contribution in [-0.4, -0.2) is 24.0 Å². The van der Waals surface area contributed by atoms with Gasteiger partial charge in [0, 0.05) is 29.6 Å². The largest absolute Gasteiger partial charge is 0.370 e. The molecular formula is C16H21N3OS. The van der Waals surface area contributed by atoms with Crippen LogP contribution in [0.25, 0.3) is 0 Å². The Labute approximate surface area is 129 Å². The number of amides is 1. The number of carbonyl (C=O) groups excluding carboxylic acids is 1. The minimum absolute atomic E-state index is 0.0790. The summed E-state index contributed by atoms with van der Waals surface area (Å²) in [6, 6.07) is 7.71. The molecule has 0 saturated heterocycles. The summed E-state index contributed by atoms with van der Waals surface area (Å²) in [6.07, 6.45) is 1.68. The maximum atomic E-state index is 12.4. The summed E-state index contributed by atoms with van der Waals surface area (Å²) >= 11 is 1.71. The monoisotopic (exact) mass is 303 g/mol. The summed E-state index contributed by atoms with van der Waals surface area (Å²) in [5, 5.41) is 8.18. The molecule has 2 N–H and O–H groups in total. The standard InChI is InChI=1S/C16H21N3OS/c1-4-17-14-12(7-5-9-18-14)15(20)19-11-16(2,3)13-8-6-10-21-13/h5-10H,4,11H2,1-3H3,(H,17,18)(H,19,20). The second kappa shape index (κ2) is 6.72. The Morgan fingerprint density at radius 2 is 2.14 bits per heavy atom. The molecule has 0 radical (unpaired) electrons. The Morgan fingerprint density at radius 1 is 1.33 bits per heavy atom. The molecule has 2 aromatic rings. The molecule has 21 heavy (non-hydrogen) atoms. The summed E-state index contributed by atoms with van der Waals surface area (Å²) < 4.78 is 0. The van der Waals surface area contributed by atoms with Crippen molar-refractivity contribution < 1.29 is 4.79 Å². The summed E-state index contributed by atoms with van der Waals surface area (Å²) in [6.45, 7) is 7.57. The first-order valence-corrected chi connectivity index (χ1v) is 7.93. The van der Waals surface area contributed by atoms with Crippen LogP contribution in [0.15, 0.2) is 35.8 Å². The first-order chi connectivity index (χ1) is 10.0. The molecule has 0 spiro atoms. The molecule has 1 amide bonds. The van der Waals surface area contributed by atoms with E-state index in [2.05, 4.69) is 40.9 Å². The van der Waals surface area contributed by atoms with Gasteiger partial charge in [-0.2, -0.15) is 0 Å². The Bertz CT molecular complexity index is 593. The zero-order chi connectivity index (χ0) is 15.3. The van der Waals surface area contributed by atoms with Crippen molar-refractivity contribution in [3.05, 3.63) is 46.3 Å². The van der Waals surface area contributed by atoms with Crippen molar-refractivity contribution in [2.45, 2.75) is 26.2 Å². The average molecular weight is 303 g/mol. The Kier molecular flexibility index (Phi) is 4.96. The van der Waals surface area contributed by atoms with Crippen LogP contribution in [0, 0.1) is 0 Å². The fourth-order valence-electron chi connectivity index (χ4n) is 2.04.